The Labute approximate surface area is 95.4 Å². The topological polar surface area (TPSA) is 9.23 Å². The number of hydrogen-bond donors (Lipinski definition) is 0. The van der Waals surface area contributed by atoms with Gasteiger partial charge in [0.25, 0.3) is 0 Å². The Bertz CT molecular complexity index is 305. The molecule has 1 atom stereocenters. The van der Waals surface area contributed by atoms with Gasteiger partial charge in [0.05, 0.1) is 0 Å². The lowest BCUT2D eigenvalue weighted by atomic mass is 10.1. The van der Waals surface area contributed by atoms with Crippen LogP contribution in [0.1, 0.15) is 34.6 Å². The molecule has 0 bridgehead atoms. The highest BCUT2D eigenvalue weighted by atomic mass is 28.4. The lowest BCUT2D eigenvalue weighted by molar-refractivity contribution is 0.397. The lowest BCUT2D eigenvalue weighted by Crippen LogP contribution is -2.40. The highest BCUT2D eigenvalue weighted by Gasteiger charge is 2.39. The minimum absolute atomic E-state index is 0.259. The van der Waals surface area contributed by atoms with Crippen LogP contribution < -0.4 is 0 Å². The Hall–Kier alpha value is -0.503. The summed E-state index contributed by atoms with van der Waals surface area (Å²) in [7, 11) is -1.67. The Balaban J connectivity index is 2.77. The molecule has 1 nitrogen and oxygen atoms in total. The second-order valence-corrected chi connectivity index (χ2v) is 10.7. The van der Waals surface area contributed by atoms with Crippen molar-refractivity contribution in [2.24, 2.45) is 5.92 Å². The quantitative estimate of drug-likeness (QED) is 0.635. The van der Waals surface area contributed by atoms with Crippen molar-refractivity contribution in [3.63, 3.8) is 0 Å². The predicted octanol–water partition coefficient (Wildman–Crippen LogP) is 4.29. The molecule has 0 fully saturated rings. The molecule has 0 heterocycles. The predicted molar refractivity (Wildman–Crippen MR) is 68.0 cm³/mol. The minimum Gasteiger partial charge on any atom is -0.543 e. The van der Waals surface area contributed by atoms with Crippen LogP contribution in [0.15, 0.2) is 17.4 Å². The fourth-order valence-corrected chi connectivity index (χ4v) is 2.16. The molecule has 85 valence electrons. The van der Waals surface area contributed by atoms with E-state index in [0.29, 0.717) is 5.92 Å². The summed E-state index contributed by atoms with van der Waals surface area (Å²) in [5.74, 6) is 1.39. The smallest absolute Gasteiger partial charge is 0.250 e. The van der Waals surface area contributed by atoms with Crippen LogP contribution in [0.25, 0.3) is 0 Å². The third kappa shape index (κ3) is 2.74. The van der Waals surface area contributed by atoms with Gasteiger partial charge in [0.1, 0.15) is 5.76 Å². The molecule has 0 aromatic heterocycles. The maximum absolute atomic E-state index is 6.17. The Kier molecular flexibility index (Phi) is 3.20. The van der Waals surface area contributed by atoms with E-state index in [2.05, 4.69) is 59.9 Å². The SMILES string of the molecule is CC1=CC(O[Si](C)(C)C(C)(C)C)=[C]C1C. The number of rotatable bonds is 2. The molecule has 1 rings (SSSR count). The second kappa shape index (κ2) is 3.82. The first-order valence-corrected chi connectivity index (χ1v) is 8.55. The molecule has 1 aliphatic carbocycles. The average Bonchev–Trinajstić information content (AvgIpc) is 2.27. The molecule has 0 aromatic carbocycles. The zero-order chi connectivity index (χ0) is 11.9. The van der Waals surface area contributed by atoms with Crippen molar-refractivity contribution in [1.82, 2.24) is 0 Å². The molecule has 0 spiro atoms. The van der Waals surface area contributed by atoms with Gasteiger partial charge in [-0.1, -0.05) is 33.3 Å². The summed E-state index contributed by atoms with van der Waals surface area (Å²) in [5.41, 5.74) is 1.35. The van der Waals surface area contributed by atoms with Gasteiger partial charge in [-0.05, 0) is 31.1 Å². The van der Waals surface area contributed by atoms with Crippen LogP contribution in [0.3, 0.4) is 0 Å². The number of allylic oxidation sites excluding steroid dienone is 3. The molecule has 0 N–H and O–H groups in total. The van der Waals surface area contributed by atoms with E-state index in [1.807, 2.05) is 0 Å². The van der Waals surface area contributed by atoms with E-state index >= 15 is 0 Å². The van der Waals surface area contributed by atoms with Crippen molar-refractivity contribution in [1.29, 1.82) is 0 Å². The zero-order valence-corrected chi connectivity index (χ0v) is 12.1. The van der Waals surface area contributed by atoms with Gasteiger partial charge >= 0.3 is 0 Å². The molecule has 1 aliphatic rings. The van der Waals surface area contributed by atoms with Crippen molar-refractivity contribution in [3.8, 4) is 0 Å². The molecule has 1 radical (unpaired) electrons. The van der Waals surface area contributed by atoms with Crippen molar-refractivity contribution >= 4 is 8.32 Å². The van der Waals surface area contributed by atoms with E-state index in [-0.39, 0.29) is 5.04 Å². The van der Waals surface area contributed by atoms with Gasteiger partial charge in [-0.2, -0.15) is 0 Å². The molecule has 2 heteroatoms. The normalized spacial score (nSPS) is 22.5. The third-order valence-electron chi connectivity index (χ3n) is 3.57. The standard InChI is InChI=1S/C13H23OSi/c1-10-8-12(9-11(10)2)14-15(6,7)13(3,4)5/h8,11H,1-7H3. The monoisotopic (exact) mass is 223 g/mol. The summed E-state index contributed by atoms with van der Waals surface area (Å²) in [5, 5.41) is 0.259. The fraction of sp³-hybridized carbons (Fsp3) is 0.692. The minimum atomic E-state index is -1.67. The van der Waals surface area contributed by atoms with E-state index in [4.69, 9.17) is 4.43 Å². The Morgan fingerprint density at radius 2 is 1.87 bits per heavy atom. The van der Waals surface area contributed by atoms with Crippen molar-refractivity contribution in [2.75, 3.05) is 0 Å². The highest BCUT2D eigenvalue weighted by Crippen LogP contribution is 2.39. The van der Waals surface area contributed by atoms with E-state index in [9.17, 15) is 0 Å². The van der Waals surface area contributed by atoms with Gasteiger partial charge < -0.3 is 4.43 Å². The molecule has 15 heavy (non-hydrogen) atoms. The summed E-state index contributed by atoms with van der Waals surface area (Å²) in [6.45, 7) is 15.6. The number of hydrogen-bond acceptors (Lipinski definition) is 1. The third-order valence-corrected chi connectivity index (χ3v) is 7.91. The highest BCUT2D eigenvalue weighted by molar-refractivity contribution is 6.74. The van der Waals surface area contributed by atoms with Crippen molar-refractivity contribution in [3.05, 3.63) is 23.5 Å². The summed E-state index contributed by atoms with van der Waals surface area (Å²) < 4.78 is 6.17. The van der Waals surface area contributed by atoms with Gasteiger partial charge in [-0.3, -0.25) is 0 Å². The summed E-state index contributed by atoms with van der Waals surface area (Å²) in [4.78, 5) is 0. The van der Waals surface area contributed by atoms with Gasteiger partial charge in [0.2, 0.25) is 8.32 Å². The maximum atomic E-state index is 6.17. The van der Waals surface area contributed by atoms with E-state index < -0.39 is 8.32 Å². The summed E-state index contributed by atoms with van der Waals surface area (Å²) in [6.07, 6.45) is 5.50. The molecular formula is C13H23OSi. The first kappa shape index (κ1) is 12.6. The summed E-state index contributed by atoms with van der Waals surface area (Å²) >= 11 is 0. The van der Waals surface area contributed by atoms with Gasteiger partial charge in [-0.15, -0.1) is 0 Å². The first-order valence-electron chi connectivity index (χ1n) is 5.64. The van der Waals surface area contributed by atoms with E-state index in [0.717, 1.165) is 5.76 Å². The average molecular weight is 223 g/mol. The van der Waals surface area contributed by atoms with Crippen LogP contribution in [0, 0.1) is 12.0 Å². The maximum Gasteiger partial charge on any atom is 0.250 e. The van der Waals surface area contributed by atoms with E-state index in [1.54, 1.807) is 0 Å². The summed E-state index contributed by atoms with van der Waals surface area (Å²) in [6, 6.07) is 0. The van der Waals surface area contributed by atoms with E-state index in [1.165, 1.54) is 5.57 Å². The van der Waals surface area contributed by atoms with Crippen molar-refractivity contribution in [2.45, 2.75) is 52.8 Å². The Morgan fingerprint density at radius 1 is 1.33 bits per heavy atom. The molecule has 0 aromatic rings. The second-order valence-electron chi connectivity index (χ2n) is 5.98. The van der Waals surface area contributed by atoms with Crippen LogP contribution in [-0.4, -0.2) is 8.32 Å². The van der Waals surface area contributed by atoms with Gasteiger partial charge in [0.15, 0.2) is 0 Å². The molecule has 0 saturated heterocycles. The molecule has 0 saturated carbocycles. The van der Waals surface area contributed by atoms with Gasteiger partial charge in [-0.25, -0.2) is 0 Å². The van der Waals surface area contributed by atoms with Crippen LogP contribution in [-0.2, 0) is 4.43 Å². The largest absolute Gasteiger partial charge is 0.543 e. The molecule has 0 aliphatic heterocycles. The zero-order valence-electron chi connectivity index (χ0n) is 11.1. The first-order chi connectivity index (χ1) is 6.63. The van der Waals surface area contributed by atoms with Crippen LogP contribution in [0.2, 0.25) is 18.1 Å². The molecule has 0 amide bonds. The van der Waals surface area contributed by atoms with Crippen LogP contribution in [0.4, 0.5) is 0 Å². The van der Waals surface area contributed by atoms with Crippen LogP contribution >= 0.6 is 0 Å². The van der Waals surface area contributed by atoms with Gasteiger partial charge in [0, 0.05) is 12.0 Å². The lowest BCUT2D eigenvalue weighted by Gasteiger charge is -2.36. The molecule has 1 unspecified atom stereocenters. The van der Waals surface area contributed by atoms with Crippen molar-refractivity contribution < 1.29 is 4.43 Å². The molecular weight excluding hydrogens is 200 g/mol. The Morgan fingerprint density at radius 3 is 2.20 bits per heavy atom. The fourth-order valence-electron chi connectivity index (χ4n) is 1.19. The van der Waals surface area contributed by atoms with Crippen LogP contribution in [0.5, 0.6) is 0 Å².